The van der Waals surface area contributed by atoms with Gasteiger partial charge in [-0.15, -0.1) is 0 Å². The number of hydrogen-bond donors (Lipinski definition) is 2. The second-order valence-corrected chi connectivity index (χ2v) is 9.68. The SMILES string of the molecule is COc1ccc(CN(C)C)c(OC)c1-c1cccc2c(CCC(=O)O)cccc12.Cc1c(F)ccc(F)c1C(N)=O. The van der Waals surface area contributed by atoms with E-state index < -0.39 is 23.5 Å². The monoisotopic (exact) mass is 564 g/mol. The van der Waals surface area contributed by atoms with Crippen LogP contribution in [-0.4, -0.2) is 50.2 Å². The van der Waals surface area contributed by atoms with Gasteiger partial charge in [-0.2, -0.15) is 0 Å². The van der Waals surface area contributed by atoms with Crippen LogP contribution in [0, 0.1) is 18.6 Å². The number of primary amides is 1. The average Bonchev–Trinajstić information content (AvgIpc) is 2.93. The summed E-state index contributed by atoms with van der Waals surface area (Å²) in [4.78, 5) is 23.8. The number of carbonyl (C=O) groups excluding carboxylic acids is 1. The number of carboxylic acid groups (broad SMARTS) is 1. The first-order valence-corrected chi connectivity index (χ1v) is 12.9. The van der Waals surface area contributed by atoms with E-state index in [0.717, 1.165) is 63.2 Å². The van der Waals surface area contributed by atoms with Crippen molar-refractivity contribution in [1.82, 2.24) is 4.90 Å². The molecule has 0 radical (unpaired) electrons. The number of nitrogens with two attached hydrogens (primary N) is 1. The Morgan fingerprint density at radius 3 is 2.12 bits per heavy atom. The van der Waals surface area contributed by atoms with Gasteiger partial charge in [0.15, 0.2) is 0 Å². The van der Waals surface area contributed by atoms with Gasteiger partial charge in [0, 0.05) is 24.1 Å². The standard InChI is InChI=1S/C24H27NO4.C8H7F2NO/c1-25(2)15-17-11-13-21(28-3)23(24(17)29-4)20-10-6-8-18-16(12-14-22(26)27)7-5-9-19(18)20;1-4-5(9)2-3-6(10)7(4)8(11)12/h5-11,13H,12,14-15H2,1-4H3,(H,26,27);2-3H,1H3,(H2,11,12). The van der Waals surface area contributed by atoms with Gasteiger partial charge >= 0.3 is 5.97 Å². The van der Waals surface area contributed by atoms with Crippen molar-refractivity contribution in [3.05, 3.63) is 94.6 Å². The zero-order valence-electron chi connectivity index (χ0n) is 23.8. The lowest BCUT2D eigenvalue weighted by Gasteiger charge is -2.20. The number of carboxylic acids is 1. The molecule has 41 heavy (non-hydrogen) atoms. The molecule has 0 aliphatic heterocycles. The molecule has 0 aliphatic carbocycles. The van der Waals surface area contributed by atoms with E-state index in [1.807, 2.05) is 50.5 Å². The third-order valence-corrected chi connectivity index (χ3v) is 6.60. The lowest BCUT2D eigenvalue weighted by molar-refractivity contribution is -0.136. The summed E-state index contributed by atoms with van der Waals surface area (Å²) in [5.74, 6) is -1.64. The summed E-state index contributed by atoms with van der Waals surface area (Å²) < 4.78 is 37.1. The fraction of sp³-hybridized carbons (Fsp3) is 0.250. The number of nitrogens with zero attached hydrogens (tertiary/aromatic N) is 1. The molecule has 1 amide bonds. The Hall–Kier alpha value is -4.50. The van der Waals surface area contributed by atoms with Gasteiger partial charge in [0.2, 0.25) is 0 Å². The van der Waals surface area contributed by atoms with Crippen LogP contribution >= 0.6 is 0 Å². The fourth-order valence-electron chi connectivity index (χ4n) is 4.74. The summed E-state index contributed by atoms with van der Waals surface area (Å²) in [6, 6.07) is 18.0. The maximum atomic E-state index is 12.8. The number of halogens is 2. The van der Waals surface area contributed by atoms with Crippen LogP contribution in [0.15, 0.2) is 60.7 Å². The molecule has 0 heterocycles. The van der Waals surface area contributed by atoms with Crippen molar-refractivity contribution in [2.24, 2.45) is 5.73 Å². The van der Waals surface area contributed by atoms with Gasteiger partial charge in [0.1, 0.15) is 23.1 Å². The molecule has 0 saturated heterocycles. The maximum absolute atomic E-state index is 12.8. The highest BCUT2D eigenvalue weighted by atomic mass is 19.1. The Kier molecular flexibility index (Phi) is 10.4. The van der Waals surface area contributed by atoms with E-state index in [1.54, 1.807) is 14.2 Å². The van der Waals surface area contributed by atoms with Crippen LogP contribution < -0.4 is 15.2 Å². The molecule has 4 rings (SSSR count). The second-order valence-electron chi connectivity index (χ2n) is 9.68. The molecular weight excluding hydrogens is 530 g/mol. The summed E-state index contributed by atoms with van der Waals surface area (Å²) in [5.41, 5.74) is 8.43. The molecule has 216 valence electrons. The van der Waals surface area contributed by atoms with Gasteiger partial charge in [-0.1, -0.05) is 42.5 Å². The van der Waals surface area contributed by atoms with E-state index in [9.17, 15) is 18.4 Å². The van der Waals surface area contributed by atoms with Crippen molar-refractivity contribution in [2.45, 2.75) is 26.3 Å². The second kappa shape index (κ2) is 13.7. The third kappa shape index (κ3) is 7.18. The number of aliphatic carboxylic acids is 1. The van der Waals surface area contributed by atoms with E-state index in [-0.39, 0.29) is 17.5 Å². The number of ether oxygens (including phenoxy) is 2. The minimum absolute atomic E-state index is 0.0532. The van der Waals surface area contributed by atoms with E-state index in [1.165, 1.54) is 6.92 Å². The van der Waals surface area contributed by atoms with Gasteiger partial charge in [-0.3, -0.25) is 9.59 Å². The van der Waals surface area contributed by atoms with Crippen molar-refractivity contribution in [3.63, 3.8) is 0 Å². The molecule has 3 N–H and O–H groups in total. The first-order chi connectivity index (χ1) is 19.5. The van der Waals surface area contributed by atoms with Crippen LogP contribution in [-0.2, 0) is 17.8 Å². The normalized spacial score (nSPS) is 10.7. The summed E-state index contributed by atoms with van der Waals surface area (Å²) in [5, 5.41) is 11.2. The zero-order chi connectivity index (χ0) is 30.3. The first kappa shape index (κ1) is 31.0. The minimum atomic E-state index is -0.954. The Morgan fingerprint density at radius 2 is 1.54 bits per heavy atom. The molecule has 4 aromatic carbocycles. The first-order valence-electron chi connectivity index (χ1n) is 12.9. The predicted octanol–water partition coefficient (Wildman–Crippen LogP) is 5.97. The Labute approximate surface area is 238 Å². The van der Waals surface area contributed by atoms with Crippen molar-refractivity contribution < 1.29 is 33.0 Å². The molecule has 0 fully saturated rings. The van der Waals surface area contributed by atoms with Crippen molar-refractivity contribution in [2.75, 3.05) is 28.3 Å². The number of rotatable bonds is 9. The molecule has 9 heteroatoms. The highest BCUT2D eigenvalue weighted by Gasteiger charge is 2.20. The molecule has 0 aliphatic rings. The van der Waals surface area contributed by atoms with Crippen molar-refractivity contribution in [3.8, 4) is 22.6 Å². The molecule has 0 spiro atoms. The molecule has 0 aromatic heterocycles. The Balaban J connectivity index is 0.000000322. The van der Waals surface area contributed by atoms with Gasteiger partial charge in [-0.05, 0) is 67.5 Å². The van der Waals surface area contributed by atoms with E-state index >= 15 is 0 Å². The van der Waals surface area contributed by atoms with Crippen LogP contribution in [0.4, 0.5) is 8.78 Å². The van der Waals surface area contributed by atoms with Crippen LogP contribution in [0.3, 0.4) is 0 Å². The van der Waals surface area contributed by atoms with Gasteiger partial charge in [0.25, 0.3) is 5.91 Å². The number of methoxy groups -OCH3 is 2. The smallest absolute Gasteiger partial charge is 0.303 e. The van der Waals surface area contributed by atoms with Gasteiger partial charge in [0.05, 0.1) is 25.3 Å². The number of hydrogen-bond acceptors (Lipinski definition) is 5. The highest BCUT2D eigenvalue weighted by molar-refractivity contribution is 6.01. The number of carbonyl (C=O) groups is 2. The molecule has 7 nitrogen and oxygen atoms in total. The molecular formula is C32H34F2N2O5. The molecule has 4 aromatic rings. The topological polar surface area (TPSA) is 102 Å². The highest BCUT2D eigenvalue weighted by Crippen LogP contribution is 2.44. The Morgan fingerprint density at radius 1 is 0.878 bits per heavy atom. The lowest BCUT2D eigenvalue weighted by Crippen LogP contribution is -2.15. The summed E-state index contributed by atoms with van der Waals surface area (Å²) in [6.07, 6.45) is 0.597. The van der Waals surface area contributed by atoms with Crippen molar-refractivity contribution >= 4 is 22.6 Å². The molecule has 0 saturated carbocycles. The van der Waals surface area contributed by atoms with Crippen LogP contribution in [0.1, 0.15) is 33.5 Å². The number of aryl methyl sites for hydroxylation is 1. The van der Waals surface area contributed by atoms with Crippen LogP contribution in [0.25, 0.3) is 21.9 Å². The summed E-state index contributed by atoms with van der Waals surface area (Å²) in [6.45, 7) is 2.05. The number of amides is 1. The molecule has 0 bridgehead atoms. The van der Waals surface area contributed by atoms with Gasteiger partial charge in [-0.25, -0.2) is 8.78 Å². The third-order valence-electron chi connectivity index (χ3n) is 6.60. The number of fused-ring (bicyclic) bond motifs is 1. The van der Waals surface area contributed by atoms with E-state index in [0.29, 0.717) is 6.42 Å². The Bertz CT molecular complexity index is 1570. The maximum Gasteiger partial charge on any atom is 0.303 e. The van der Waals surface area contributed by atoms with E-state index in [2.05, 4.69) is 17.0 Å². The minimum Gasteiger partial charge on any atom is -0.496 e. The van der Waals surface area contributed by atoms with Crippen LogP contribution in [0.5, 0.6) is 11.5 Å². The molecule has 0 unspecified atom stereocenters. The fourth-order valence-corrected chi connectivity index (χ4v) is 4.74. The van der Waals surface area contributed by atoms with Crippen LogP contribution in [0.2, 0.25) is 0 Å². The quantitative estimate of drug-likeness (QED) is 0.260. The largest absolute Gasteiger partial charge is 0.496 e. The number of benzene rings is 4. The van der Waals surface area contributed by atoms with E-state index in [4.69, 9.17) is 20.3 Å². The molecule has 0 atom stereocenters. The van der Waals surface area contributed by atoms with Gasteiger partial charge < -0.3 is 25.2 Å². The zero-order valence-corrected chi connectivity index (χ0v) is 23.8. The summed E-state index contributed by atoms with van der Waals surface area (Å²) >= 11 is 0. The average molecular weight is 565 g/mol. The lowest BCUT2D eigenvalue weighted by atomic mass is 9.92. The van der Waals surface area contributed by atoms with Crippen molar-refractivity contribution in [1.29, 1.82) is 0 Å². The predicted molar refractivity (Wildman–Crippen MR) is 155 cm³/mol. The summed E-state index contributed by atoms with van der Waals surface area (Å²) in [7, 11) is 7.39.